The van der Waals surface area contributed by atoms with Gasteiger partial charge in [-0.15, -0.1) is 23.5 Å². The Bertz CT molecular complexity index is 1710. The van der Waals surface area contributed by atoms with E-state index in [0.29, 0.717) is 37.0 Å². The van der Waals surface area contributed by atoms with E-state index < -0.39 is 24.3 Å². The summed E-state index contributed by atoms with van der Waals surface area (Å²) < 4.78 is 9.45. The van der Waals surface area contributed by atoms with E-state index in [9.17, 15) is 19.2 Å². The Morgan fingerprint density at radius 2 is 1.31 bits per heavy atom. The van der Waals surface area contributed by atoms with Gasteiger partial charge in [0.2, 0.25) is 11.8 Å². The third-order valence-corrected chi connectivity index (χ3v) is 11.1. The van der Waals surface area contributed by atoms with Crippen molar-refractivity contribution in [2.45, 2.75) is 90.1 Å². The molecular weight excluding hydrogens is 705 g/mol. The predicted octanol–water partition coefficient (Wildman–Crippen LogP) is 4.88. The highest BCUT2D eigenvalue weighted by Crippen LogP contribution is 2.50. The number of carbonyl (C=O) groups excluding carboxylic acids is 4. The van der Waals surface area contributed by atoms with Crippen LogP contribution in [0.3, 0.4) is 0 Å². The van der Waals surface area contributed by atoms with Gasteiger partial charge >= 0.3 is 12.2 Å². The number of allylic oxidation sites excluding steroid dienone is 1. The molecule has 4 amide bonds. The monoisotopic (exact) mass is 754 g/mol. The van der Waals surface area contributed by atoms with Gasteiger partial charge in [0.25, 0.3) is 0 Å². The minimum absolute atomic E-state index is 0.115. The number of nitrogens with zero attached hydrogens (tertiary/aromatic N) is 4. The number of rotatable bonds is 15. The van der Waals surface area contributed by atoms with E-state index in [1.54, 1.807) is 45.7 Å². The van der Waals surface area contributed by atoms with E-state index in [1.165, 1.54) is 14.2 Å². The second-order valence-corrected chi connectivity index (χ2v) is 15.6. The van der Waals surface area contributed by atoms with Crippen molar-refractivity contribution in [3.8, 4) is 11.8 Å². The van der Waals surface area contributed by atoms with Crippen molar-refractivity contribution in [1.29, 1.82) is 0 Å². The molecule has 282 valence electrons. The van der Waals surface area contributed by atoms with Crippen LogP contribution in [0.1, 0.15) is 77.4 Å². The fourth-order valence-electron chi connectivity index (χ4n) is 5.72. The molecule has 4 N–H and O–H groups in total. The van der Waals surface area contributed by atoms with Crippen molar-refractivity contribution in [3.63, 3.8) is 0 Å². The number of methoxy groups -OCH3 is 2. The average Bonchev–Trinajstić information content (AvgIpc) is 3.92. The van der Waals surface area contributed by atoms with Gasteiger partial charge in [-0.1, -0.05) is 53.5 Å². The Hall–Kier alpha value is -4.36. The molecule has 52 heavy (non-hydrogen) atoms. The van der Waals surface area contributed by atoms with Gasteiger partial charge in [-0.3, -0.25) is 9.59 Å². The highest BCUT2D eigenvalue weighted by molar-refractivity contribution is 8.12. The second kappa shape index (κ2) is 18.9. The maximum Gasteiger partial charge on any atom is 0.407 e. The van der Waals surface area contributed by atoms with Gasteiger partial charge in [0, 0.05) is 28.5 Å². The normalized spacial score (nSPS) is 17.3. The number of imidazole rings is 2. The molecule has 0 radical (unpaired) electrons. The molecule has 14 nitrogen and oxygen atoms in total. The van der Waals surface area contributed by atoms with Gasteiger partial charge in [0.05, 0.1) is 50.3 Å². The smallest absolute Gasteiger partial charge is 0.407 e. The fourth-order valence-corrected chi connectivity index (χ4v) is 8.43. The lowest BCUT2D eigenvalue weighted by Gasteiger charge is -2.28. The number of H-pyrrole nitrogens is 2. The molecule has 2 aromatic rings. The van der Waals surface area contributed by atoms with E-state index in [-0.39, 0.29) is 40.7 Å². The molecule has 0 aliphatic carbocycles. The minimum atomic E-state index is -0.713. The first kappa shape index (κ1) is 40.4. The zero-order valence-electron chi connectivity index (χ0n) is 31.1. The summed E-state index contributed by atoms with van der Waals surface area (Å²) in [6.45, 7) is 13.1. The van der Waals surface area contributed by atoms with Crippen molar-refractivity contribution in [2.75, 3.05) is 27.3 Å². The summed E-state index contributed by atoms with van der Waals surface area (Å²) in [4.78, 5) is 71.6. The topological polar surface area (TPSA) is 175 Å². The molecule has 4 rings (SSSR count). The van der Waals surface area contributed by atoms with E-state index in [2.05, 4.69) is 54.6 Å². The van der Waals surface area contributed by atoms with Gasteiger partial charge in [-0.25, -0.2) is 19.6 Å². The zero-order chi connectivity index (χ0) is 37.9. The molecule has 2 aliphatic rings. The molecule has 0 saturated heterocycles. The number of nitrogens with one attached hydrogen (secondary N) is 4. The number of alkyl carbamates (subject to hydrolysis) is 2. The van der Waals surface area contributed by atoms with Gasteiger partial charge < -0.3 is 39.9 Å². The first-order valence-electron chi connectivity index (χ1n) is 17.5. The van der Waals surface area contributed by atoms with Crippen molar-refractivity contribution in [2.24, 2.45) is 11.8 Å². The van der Waals surface area contributed by atoms with E-state index in [4.69, 9.17) is 9.47 Å². The largest absolute Gasteiger partial charge is 0.453 e. The number of thioether (sulfide) groups is 2. The fraction of sp³-hybridized carbons (Fsp3) is 0.556. The van der Waals surface area contributed by atoms with Crippen LogP contribution in [0.25, 0.3) is 4.91 Å². The van der Waals surface area contributed by atoms with Crippen molar-refractivity contribution in [1.82, 2.24) is 40.4 Å². The lowest BCUT2D eigenvalue weighted by atomic mass is 10.0. The standard InChI is InChI=1S/C36H50N8O6S2/c1-9-13-43(33(45)31(21(3)4)41-35(47)49-7)19-29-37-17-23(39-29)11-12-24-15-27-28(51-24)16-26(52-27)25-18-38-30(40-25)20-44(14-10-2)34(46)32(22(5)6)42-36(48)50-8/h15-18,21-22,27-28,31-32H,9-10,13-14,19-20H2,1-8H3,(H,37,39)(H,38,40)(H,41,47)(H,42,48). The summed E-state index contributed by atoms with van der Waals surface area (Å²) in [6.07, 6.45) is 8.10. The predicted molar refractivity (Wildman–Crippen MR) is 203 cm³/mol. The Kier molecular flexibility index (Phi) is 14.7. The number of amides is 4. The summed E-state index contributed by atoms with van der Waals surface area (Å²) >= 11 is 3.45. The van der Waals surface area contributed by atoms with Crippen molar-refractivity contribution in [3.05, 3.63) is 52.5 Å². The van der Waals surface area contributed by atoms with Gasteiger partial charge in [0.1, 0.15) is 29.4 Å². The van der Waals surface area contributed by atoms with Gasteiger partial charge in [-0.05, 0) is 36.7 Å². The maximum atomic E-state index is 13.4. The molecule has 4 heterocycles. The van der Waals surface area contributed by atoms with Crippen molar-refractivity contribution >= 4 is 52.4 Å². The number of ether oxygens (including phenoxy) is 2. The molecule has 0 bridgehead atoms. The summed E-state index contributed by atoms with van der Waals surface area (Å²) in [5.74, 6) is 7.11. The maximum absolute atomic E-state index is 13.4. The lowest BCUT2D eigenvalue weighted by molar-refractivity contribution is -0.135. The third-order valence-electron chi connectivity index (χ3n) is 8.40. The van der Waals surface area contributed by atoms with Gasteiger partial charge in [-0.2, -0.15) is 0 Å². The molecule has 0 spiro atoms. The van der Waals surface area contributed by atoms with Crippen LogP contribution in [0.2, 0.25) is 0 Å². The van der Waals surface area contributed by atoms with Crippen LogP contribution in [0.4, 0.5) is 9.59 Å². The Morgan fingerprint density at radius 1 is 0.788 bits per heavy atom. The first-order valence-corrected chi connectivity index (χ1v) is 19.3. The molecule has 4 atom stereocenters. The van der Waals surface area contributed by atoms with Crippen LogP contribution in [-0.2, 0) is 32.2 Å². The highest BCUT2D eigenvalue weighted by Gasteiger charge is 2.35. The molecule has 0 aromatic carbocycles. The molecule has 0 saturated carbocycles. The lowest BCUT2D eigenvalue weighted by Crippen LogP contribution is -2.51. The Morgan fingerprint density at radius 3 is 1.81 bits per heavy atom. The van der Waals surface area contributed by atoms with Crippen molar-refractivity contribution < 1.29 is 28.7 Å². The number of hydrogen-bond donors (Lipinski definition) is 4. The number of carbonyl (C=O) groups is 4. The summed E-state index contributed by atoms with van der Waals surface area (Å²) in [5.41, 5.74) is 1.55. The van der Waals surface area contributed by atoms with E-state index >= 15 is 0 Å². The molecule has 16 heteroatoms. The number of aromatic amines is 2. The summed E-state index contributed by atoms with van der Waals surface area (Å²) in [5, 5.41) is 5.77. The van der Waals surface area contributed by atoms with E-state index in [0.717, 1.165) is 28.3 Å². The first-order chi connectivity index (χ1) is 24.9. The van der Waals surface area contributed by atoms with Crippen LogP contribution >= 0.6 is 23.5 Å². The second-order valence-electron chi connectivity index (χ2n) is 13.2. The highest BCUT2D eigenvalue weighted by atomic mass is 32.2. The van der Waals surface area contributed by atoms with Crippen LogP contribution in [0.5, 0.6) is 0 Å². The molecule has 2 aromatic heterocycles. The quantitative estimate of drug-likeness (QED) is 0.184. The van der Waals surface area contributed by atoms with Crippen LogP contribution < -0.4 is 10.6 Å². The average molecular weight is 755 g/mol. The van der Waals surface area contributed by atoms with Crippen LogP contribution in [0.15, 0.2) is 29.5 Å². The Labute approximate surface area is 314 Å². The third kappa shape index (κ3) is 10.6. The minimum Gasteiger partial charge on any atom is -0.453 e. The zero-order valence-corrected chi connectivity index (χ0v) is 32.7. The molecule has 0 fully saturated rings. The summed E-state index contributed by atoms with van der Waals surface area (Å²) in [6, 6.07) is -1.42. The number of fused-ring (bicyclic) bond motifs is 1. The van der Waals surface area contributed by atoms with Gasteiger partial charge in [0.15, 0.2) is 0 Å². The number of aromatic nitrogens is 4. The number of hydrogen-bond acceptors (Lipinski definition) is 10. The summed E-state index contributed by atoms with van der Waals surface area (Å²) in [7, 11) is 2.55. The molecule has 4 unspecified atom stereocenters. The Balaban J connectivity index is 1.35. The van der Waals surface area contributed by atoms with Crippen LogP contribution in [0, 0.1) is 23.7 Å². The molecule has 2 aliphatic heterocycles. The van der Waals surface area contributed by atoms with E-state index in [1.807, 2.05) is 41.5 Å². The SMILES string of the molecule is CCCN(Cc1ncc(C#CC2=CC3SC(c4cnc(CN(CCC)C(=O)C(NC(=O)OC)C(C)C)[nH]4)=CC3S2)[nH]1)C(=O)C(NC(=O)OC)C(C)C. The van der Waals surface area contributed by atoms with Crippen LogP contribution in [-0.4, -0.2) is 104 Å². The molecular formula is C36H50N8O6S2.